The minimum Gasteiger partial charge on any atom is -0.481 e. The summed E-state index contributed by atoms with van der Waals surface area (Å²) in [5.74, 6) is 0.409. The maximum absolute atomic E-state index is 12.2. The van der Waals surface area contributed by atoms with E-state index in [1.165, 1.54) is 0 Å². The highest BCUT2D eigenvalue weighted by Gasteiger charge is 2.14. The molecule has 0 spiro atoms. The summed E-state index contributed by atoms with van der Waals surface area (Å²) in [6, 6.07) is 8.94. The number of halogens is 1. The third-order valence-electron chi connectivity index (χ3n) is 3.10. The second-order valence-electron chi connectivity index (χ2n) is 4.93. The SMILES string of the molecule is COc1ccc(NC(C)C(=O)Nc2ccc(C)cc2Br)cn1. The van der Waals surface area contributed by atoms with Crippen LogP contribution >= 0.6 is 15.9 Å². The number of anilines is 2. The molecule has 22 heavy (non-hydrogen) atoms. The number of nitrogens with zero attached hydrogens (tertiary/aromatic N) is 1. The van der Waals surface area contributed by atoms with Crippen molar-refractivity contribution in [2.24, 2.45) is 0 Å². The molecule has 116 valence electrons. The van der Waals surface area contributed by atoms with Crippen LogP contribution < -0.4 is 15.4 Å². The largest absolute Gasteiger partial charge is 0.481 e. The van der Waals surface area contributed by atoms with Gasteiger partial charge in [-0.25, -0.2) is 4.98 Å². The summed E-state index contributed by atoms with van der Waals surface area (Å²) in [6.45, 7) is 3.79. The van der Waals surface area contributed by atoms with Crippen LogP contribution in [0.2, 0.25) is 0 Å². The smallest absolute Gasteiger partial charge is 0.246 e. The van der Waals surface area contributed by atoms with Gasteiger partial charge >= 0.3 is 0 Å². The van der Waals surface area contributed by atoms with Gasteiger partial charge in [0.05, 0.1) is 24.7 Å². The van der Waals surface area contributed by atoms with Crippen LogP contribution in [-0.2, 0) is 4.79 Å². The first-order chi connectivity index (χ1) is 10.5. The van der Waals surface area contributed by atoms with E-state index in [-0.39, 0.29) is 5.91 Å². The van der Waals surface area contributed by atoms with E-state index in [1.807, 2.05) is 31.2 Å². The summed E-state index contributed by atoms with van der Waals surface area (Å²) in [5, 5.41) is 5.99. The molecule has 2 N–H and O–H groups in total. The van der Waals surface area contributed by atoms with Crippen LogP contribution in [0.4, 0.5) is 11.4 Å². The fraction of sp³-hybridized carbons (Fsp3) is 0.250. The van der Waals surface area contributed by atoms with Crippen LogP contribution in [-0.4, -0.2) is 24.0 Å². The normalized spacial score (nSPS) is 11.6. The molecule has 0 aliphatic heterocycles. The maximum Gasteiger partial charge on any atom is 0.246 e. The number of rotatable bonds is 5. The van der Waals surface area contributed by atoms with Gasteiger partial charge in [-0.1, -0.05) is 6.07 Å². The molecule has 1 heterocycles. The molecule has 0 aliphatic carbocycles. The predicted octanol–water partition coefficient (Wildman–Crippen LogP) is 3.60. The zero-order valence-electron chi connectivity index (χ0n) is 12.7. The molecular formula is C16H18BrN3O2. The summed E-state index contributed by atoms with van der Waals surface area (Å²) in [6.07, 6.45) is 1.63. The number of carbonyl (C=O) groups is 1. The maximum atomic E-state index is 12.2. The Morgan fingerprint density at radius 3 is 2.68 bits per heavy atom. The zero-order valence-corrected chi connectivity index (χ0v) is 14.3. The fourth-order valence-electron chi connectivity index (χ4n) is 1.86. The fourth-order valence-corrected chi connectivity index (χ4v) is 2.46. The first-order valence-electron chi connectivity index (χ1n) is 6.83. The van der Waals surface area contributed by atoms with E-state index in [0.29, 0.717) is 5.88 Å². The molecule has 2 rings (SSSR count). The van der Waals surface area contributed by atoms with E-state index in [4.69, 9.17) is 4.74 Å². The molecule has 2 aromatic rings. The average Bonchev–Trinajstić information content (AvgIpc) is 2.50. The molecule has 1 aromatic carbocycles. The molecule has 5 nitrogen and oxygen atoms in total. The van der Waals surface area contributed by atoms with Crippen LogP contribution in [0.3, 0.4) is 0 Å². The van der Waals surface area contributed by atoms with E-state index in [1.54, 1.807) is 26.3 Å². The lowest BCUT2D eigenvalue weighted by molar-refractivity contribution is -0.116. The molecule has 0 saturated carbocycles. The minimum absolute atomic E-state index is 0.125. The number of carbonyl (C=O) groups excluding carboxylic acids is 1. The highest BCUT2D eigenvalue weighted by atomic mass is 79.9. The molecule has 1 aromatic heterocycles. The molecule has 1 atom stereocenters. The van der Waals surface area contributed by atoms with Gasteiger partial charge in [0.25, 0.3) is 0 Å². The van der Waals surface area contributed by atoms with Gasteiger partial charge in [-0.3, -0.25) is 4.79 Å². The van der Waals surface area contributed by atoms with Crippen molar-refractivity contribution in [3.63, 3.8) is 0 Å². The second-order valence-corrected chi connectivity index (χ2v) is 5.78. The summed E-state index contributed by atoms with van der Waals surface area (Å²) in [7, 11) is 1.56. The van der Waals surface area contributed by atoms with Crippen LogP contribution in [0.1, 0.15) is 12.5 Å². The number of amides is 1. The van der Waals surface area contributed by atoms with E-state index in [9.17, 15) is 4.79 Å². The molecule has 0 aliphatic rings. The predicted molar refractivity (Wildman–Crippen MR) is 91.4 cm³/mol. The van der Waals surface area contributed by atoms with Gasteiger partial charge in [0.1, 0.15) is 6.04 Å². The molecule has 0 saturated heterocycles. The summed E-state index contributed by atoms with van der Waals surface area (Å²) < 4.78 is 5.86. The quantitative estimate of drug-likeness (QED) is 0.851. The average molecular weight is 364 g/mol. The zero-order chi connectivity index (χ0) is 16.1. The van der Waals surface area contributed by atoms with Crippen molar-refractivity contribution >= 4 is 33.2 Å². The monoisotopic (exact) mass is 363 g/mol. The molecule has 1 amide bonds. The number of ether oxygens (including phenoxy) is 1. The van der Waals surface area contributed by atoms with Gasteiger partial charge in [-0.15, -0.1) is 0 Å². The van der Waals surface area contributed by atoms with Crippen molar-refractivity contribution in [2.75, 3.05) is 17.7 Å². The van der Waals surface area contributed by atoms with E-state index in [2.05, 4.69) is 31.5 Å². The molecule has 0 fully saturated rings. The van der Waals surface area contributed by atoms with Crippen molar-refractivity contribution < 1.29 is 9.53 Å². The van der Waals surface area contributed by atoms with Gasteiger partial charge in [0.2, 0.25) is 11.8 Å². The van der Waals surface area contributed by atoms with Crippen LogP contribution in [0.25, 0.3) is 0 Å². The molecular weight excluding hydrogens is 346 g/mol. The Labute approximate surface area is 138 Å². The minimum atomic E-state index is -0.400. The van der Waals surface area contributed by atoms with Crippen molar-refractivity contribution in [1.29, 1.82) is 0 Å². The Morgan fingerprint density at radius 2 is 2.09 bits per heavy atom. The van der Waals surface area contributed by atoms with Gasteiger partial charge in [-0.05, 0) is 53.5 Å². The van der Waals surface area contributed by atoms with Crippen LogP contribution in [0, 0.1) is 6.92 Å². The standard InChI is InChI=1S/C16H18BrN3O2/c1-10-4-6-14(13(17)8-10)20-16(21)11(2)19-12-5-7-15(22-3)18-9-12/h4-9,11,19H,1-3H3,(H,20,21). The van der Waals surface area contributed by atoms with Gasteiger partial charge in [0.15, 0.2) is 0 Å². The molecule has 6 heteroatoms. The Balaban J connectivity index is 1.99. The number of nitrogens with one attached hydrogen (secondary N) is 2. The second kappa shape index (κ2) is 7.26. The van der Waals surface area contributed by atoms with Crippen LogP contribution in [0.5, 0.6) is 5.88 Å². The first-order valence-corrected chi connectivity index (χ1v) is 7.62. The summed E-state index contributed by atoms with van der Waals surface area (Å²) in [5.41, 5.74) is 2.63. The number of aryl methyl sites for hydroxylation is 1. The Kier molecular flexibility index (Phi) is 5.38. The van der Waals surface area contributed by atoms with E-state index in [0.717, 1.165) is 21.4 Å². The van der Waals surface area contributed by atoms with Crippen molar-refractivity contribution in [1.82, 2.24) is 4.98 Å². The number of hydrogen-bond donors (Lipinski definition) is 2. The number of pyridine rings is 1. The van der Waals surface area contributed by atoms with E-state index < -0.39 is 6.04 Å². The Hall–Kier alpha value is -2.08. The van der Waals surface area contributed by atoms with Gasteiger partial charge in [0, 0.05) is 10.5 Å². The Morgan fingerprint density at radius 1 is 1.32 bits per heavy atom. The molecule has 0 radical (unpaired) electrons. The van der Waals surface area contributed by atoms with Gasteiger partial charge < -0.3 is 15.4 Å². The highest BCUT2D eigenvalue weighted by molar-refractivity contribution is 9.10. The Bertz CT molecular complexity index is 659. The molecule has 1 unspecified atom stereocenters. The third kappa shape index (κ3) is 4.21. The summed E-state index contributed by atoms with van der Waals surface area (Å²) in [4.78, 5) is 16.3. The topological polar surface area (TPSA) is 63.2 Å². The van der Waals surface area contributed by atoms with Crippen LogP contribution in [0.15, 0.2) is 41.0 Å². The molecule has 0 bridgehead atoms. The number of aromatic nitrogens is 1. The van der Waals surface area contributed by atoms with Crippen molar-refractivity contribution in [3.05, 3.63) is 46.6 Å². The number of benzene rings is 1. The van der Waals surface area contributed by atoms with Crippen molar-refractivity contribution in [2.45, 2.75) is 19.9 Å². The third-order valence-corrected chi connectivity index (χ3v) is 3.76. The first kappa shape index (κ1) is 16.3. The lowest BCUT2D eigenvalue weighted by Crippen LogP contribution is -2.32. The van der Waals surface area contributed by atoms with Crippen molar-refractivity contribution in [3.8, 4) is 5.88 Å². The van der Waals surface area contributed by atoms with Gasteiger partial charge in [-0.2, -0.15) is 0 Å². The lowest BCUT2D eigenvalue weighted by atomic mass is 10.2. The lowest BCUT2D eigenvalue weighted by Gasteiger charge is -2.16. The highest BCUT2D eigenvalue weighted by Crippen LogP contribution is 2.23. The number of methoxy groups -OCH3 is 1. The summed E-state index contributed by atoms with van der Waals surface area (Å²) >= 11 is 3.45. The number of hydrogen-bond acceptors (Lipinski definition) is 4. The van der Waals surface area contributed by atoms with E-state index >= 15 is 0 Å².